The average molecular weight is 346 g/mol. The van der Waals surface area contributed by atoms with Gasteiger partial charge in [-0.05, 0) is 24.4 Å². The fourth-order valence-corrected chi connectivity index (χ4v) is 3.32. The van der Waals surface area contributed by atoms with Crippen LogP contribution in [0.3, 0.4) is 0 Å². The van der Waals surface area contributed by atoms with E-state index in [-0.39, 0.29) is 30.3 Å². The van der Waals surface area contributed by atoms with Gasteiger partial charge in [0.25, 0.3) is 0 Å². The van der Waals surface area contributed by atoms with Gasteiger partial charge in [0.05, 0.1) is 25.6 Å². The van der Waals surface area contributed by atoms with Gasteiger partial charge in [-0.25, -0.2) is 0 Å². The van der Waals surface area contributed by atoms with Crippen molar-refractivity contribution in [1.82, 2.24) is 10.6 Å². The molecule has 1 aromatic carbocycles. The van der Waals surface area contributed by atoms with E-state index in [4.69, 9.17) is 4.74 Å². The molecular formula is C18H22N2O3S. The van der Waals surface area contributed by atoms with E-state index < -0.39 is 0 Å². The van der Waals surface area contributed by atoms with Crippen LogP contribution in [-0.2, 0) is 9.59 Å². The van der Waals surface area contributed by atoms with Gasteiger partial charge in [0, 0.05) is 17.4 Å². The van der Waals surface area contributed by atoms with Crippen molar-refractivity contribution in [2.75, 3.05) is 7.11 Å². The predicted molar refractivity (Wildman–Crippen MR) is 95.0 cm³/mol. The molecule has 2 atom stereocenters. The molecule has 0 unspecified atom stereocenters. The maximum Gasteiger partial charge on any atom is 0.222 e. The van der Waals surface area contributed by atoms with E-state index in [1.807, 2.05) is 48.7 Å². The third-order valence-electron chi connectivity index (χ3n) is 3.64. The Labute approximate surface area is 146 Å². The Morgan fingerprint density at radius 3 is 2.54 bits per heavy atom. The molecule has 2 amide bonds. The maximum absolute atomic E-state index is 12.4. The number of hydrogen-bond donors (Lipinski definition) is 2. The van der Waals surface area contributed by atoms with E-state index in [2.05, 4.69) is 10.6 Å². The van der Waals surface area contributed by atoms with Gasteiger partial charge >= 0.3 is 0 Å². The normalized spacial score (nSPS) is 13.0. The molecule has 5 nitrogen and oxygen atoms in total. The summed E-state index contributed by atoms with van der Waals surface area (Å²) in [7, 11) is 1.61. The number of rotatable bonds is 7. The van der Waals surface area contributed by atoms with Gasteiger partial charge in [-0.1, -0.05) is 24.3 Å². The lowest BCUT2D eigenvalue weighted by atomic mass is 10.1. The van der Waals surface area contributed by atoms with Crippen LogP contribution in [0.2, 0.25) is 0 Å². The summed E-state index contributed by atoms with van der Waals surface area (Å²) in [5.41, 5.74) is 0.917. The van der Waals surface area contributed by atoms with Gasteiger partial charge in [0.2, 0.25) is 11.8 Å². The molecule has 1 aromatic heterocycles. The molecular weight excluding hydrogens is 324 g/mol. The lowest BCUT2D eigenvalue weighted by Crippen LogP contribution is -2.33. The standard InChI is InChI=1S/C18H22N2O3S/c1-12(14-7-4-5-8-16(14)23-3)19-18(22)11-15(20-13(2)21)17-9-6-10-24-17/h4-10,12,15H,11H2,1-3H3,(H,19,22)(H,20,21)/t12-,15+/m0/s1. The van der Waals surface area contributed by atoms with Gasteiger partial charge < -0.3 is 15.4 Å². The topological polar surface area (TPSA) is 67.4 Å². The van der Waals surface area contributed by atoms with Crippen LogP contribution < -0.4 is 15.4 Å². The van der Waals surface area contributed by atoms with Gasteiger partial charge in [-0.15, -0.1) is 11.3 Å². The summed E-state index contributed by atoms with van der Waals surface area (Å²) in [6.07, 6.45) is 0.194. The maximum atomic E-state index is 12.4. The van der Waals surface area contributed by atoms with Gasteiger partial charge in [0.15, 0.2) is 0 Å². The largest absolute Gasteiger partial charge is 0.496 e. The van der Waals surface area contributed by atoms with E-state index in [1.54, 1.807) is 7.11 Å². The number of ether oxygens (including phenoxy) is 1. The molecule has 6 heteroatoms. The number of nitrogens with one attached hydrogen (secondary N) is 2. The summed E-state index contributed by atoms with van der Waals surface area (Å²) in [5.74, 6) is 0.460. The third-order valence-corrected chi connectivity index (χ3v) is 4.62. The lowest BCUT2D eigenvalue weighted by Gasteiger charge is -2.20. The number of benzene rings is 1. The van der Waals surface area contributed by atoms with Crippen molar-refractivity contribution in [3.05, 3.63) is 52.2 Å². The minimum absolute atomic E-state index is 0.124. The number of amides is 2. The molecule has 0 aliphatic heterocycles. The van der Waals surface area contributed by atoms with Crippen LogP contribution in [-0.4, -0.2) is 18.9 Å². The molecule has 2 aromatic rings. The van der Waals surface area contributed by atoms with Crippen molar-refractivity contribution in [3.8, 4) is 5.75 Å². The second-order valence-corrected chi connectivity index (χ2v) is 6.48. The van der Waals surface area contributed by atoms with Crippen LogP contribution in [0.5, 0.6) is 5.75 Å². The van der Waals surface area contributed by atoms with E-state index in [0.717, 1.165) is 16.2 Å². The first-order chi connectivity index (χ1) is 11.5. The monoisotopic (exact) mass is 346 g/mol. The summed E-state index contributed by atoms with van der Waals surface area (Å²) in [4.78, 5) is 24.8. The van der Waals surface area contributed by atoms with Crippen LogP contribution in [0.1, 0.15) is 42.8 Å². The molecule has 0 aliphatic rings. The smallest absolute Gasteiger partial charge is 0.222 e. The highest BCUT2D eigenvalue weighted by Gasteiger charge is 2.20. The van der Waals surface area contributed by atoms with Crippen molar-refractivity contribution in [2.24, 2.45) is 0 Å². The predicted octanol–water partition coefficient (Wildman–Crippen LogP) is 3.20. The molecule has 0 radical (unpaired) electrons. The van der Waals surface area contributed by atoms with Gasteiger partial charge in [-0.2, -0.15) is 0 Å². The zero-order chi connectivity index (χ0) is 17.5. The number of thiophene rings is 1. The lowest BCUT2D eigenvalue weighted by molar-refractivity contribution is -0.123. The number of para-hydroxylation sites is 1. The van der Waals surface area contributed by atoms with Crippen LogP contribution in [0, 0.1) is 0 Å². The molecule has 2 N–H and O–H groups in total. The van der Waals surface area contributed by atoms with Crippen molar-refractivity contribution in [1.29, 1.82) is 0 Å². The average Bonchev–Trinajstić information content (AvgIpc) is 3.08. The Balaban J connectivity index is 2.03. The van der Waals surface area contributed by atoms with E-state index in [1.165, 1.54) is 18.3 Å². The van der Waals surface area contributed by atoms with Gasteiger partial charge in [0.1, 0.15) is 5.75 Å². The highest BCUT2D eigenvalue weighted by molar-refractivity contribution is 7.10. The first kappa shape index (κ1) is 18.0. The van der Waals surface area contributed by atoms with Crippen LogP contribution in [0.25, 0.3) is 0 Å². The van der Waals surface area contributed by atoms with Crippen molar-refractivity contribution in [3.63, 3.8) is 0 Å². The SMILES string of the molecule is COc1ccccc1[C@H](C)NC(=O)C[C@@H](NC(C)=O)c1cccs1. The minimum atomic E-state index is -0.313. The molecule has 0 spiro atoms. The number of carbonyl (C=O) groups is 2. The summed E-state index contributed by atoms with van der Waals surface area (Å²) >= 11 is 1.52. The molecule has 2 rings (SSSR count). The van der Waals surface area contributed by atoms with Crippen molar-refractivity contribution in [2.45, 2.75) is 32.4 Å². The molecule has 24 heavy (non-hydrogen) atoms. The highest BCUT2D eigenvalue weighted by atomic mass is 32.1. The van der Waals surface area contributed by atoms with Crippen LogP contribution in [0.4, 0.5) is 0 Å². The Kier molecular flexibility index (Phi) is 6.37. The Morgan fingerprint density at radius 2 is 1.92 bits per heavy atom. The second-order valence-electron chi connectivity index (χ2n) is 5.50. The van der Waals surface area contributed by atoms with E-state index >= 15 is 0 Å². The summed E-state index contributed by atoms with van der Waals surface area (Å²) in [5, 5.41) is 7.74. The quantitative estimate of drug-likeness (QED) is 0.809. The molecule has 0 saturated heterocycles. The zero-order valence-corrected chi connectivity index (χ0v) is 14.9. The highest BCUT2D eigenvalue weighted by Crippen LogP contribution is 2.26. The Hall–Kier alpha value is -2.34. The summed E-state index contributed by atoms with van der Waals surface area (Å²) < 4.78 is 5.33. The molecule has 0 aliphatic carbocycles. The van der Waals surface area contributed by atoms with Gasteiger partial charge in [-0.3, -0.25) is 9.59 Å². The van der Waals surface area contributed by atoms with E-state index in [9.17, 15) is 9.59 Å². The van der Waals surface area contributed by atoms with Crippen molar-refractivity contribution < 1.29 is 14.3 Å². The van der Waals surface area contributed by atoms with Crippen LogP contribution in [0.15, 0.2) is 41.8 Å². The Morgan fingerprint density at radius 1 is 1.17 bits per heavy atom. The molecule has 0 bridgehead atoms. The first-order valence-electron chi connectivity index (χ1n) is 7.74. The molecule has 128 valence electrons. The molecule has 0 saturated carbocycles. The van der Waals surface area contributed by atoms with E-state index in [0.29, 0.717) is 0 Å². The Bertz CT molecular complexity index is 685. The number of carbonyl (C=O) groups excluding carboxylic acids is 2. The molecule has 1 heterocycles. The summed E-state index contributed by atoms with van der Waals surface area (Å²) in [6, 6.07) is 10.9. The van der Waals surface area contributed by atoms with Crippen molar-refractivity contribution >= 4 is 23.2 Å². The molecule has 0 fully saturated rings. The zero-order valence-electron chi connectivity index (χ0n) is 14.0. The number of hydrogen-bond acceptors (Lipinski definition) is 4. The third kappa shape index (κ3) is 4.83. The fraction of sp³-hybridized carbons (Fsp3) is 0.333. The minimum Gasteiger partial charge on any atom is -0.496 e. The fourth-order valence-electron chi connectivity index (χ4n) is 2.55. The van der Waals surface area contributed by atoms with Crippen LogP contribution >= 0.6 is 11.3 Å². The first-order valence-corrected chi connectivity index (χ1v) is 8.62. The summed E-state index contributed by atoms with van der Waals surface area (Å²) in [6.45, 7) is 3.37. The second kappa shape index (κ2) is 8.49. The number of methoxy groups -OCH3 is 1.